The van der Waals surface area contributed by atoms with Crippen LogP contribution < -0.4 is 0 Å². The van der Waals surface area contributed by atoms with E-state index in [4.69, 9.17) is 10.1 Å². The highest BCUT2D eigenvalue weighted by Gasteiger charge is 2.00. The Hall–Kier alpha value is -0.530. The van der Waals surface area contributed by atoms with Gasteiger partial charge in [0, 0.05) is 6.42 Å². The van der Waals surface area contributed by atoms with Crippen LogP contribution in [0, 0.1) is 11.3 Å². The van der Waals surface area contributed by atoms with Crippen LogP contribution in [0.2, 0.25) is 0 Å². The van der Waals surface area contributed by atoms with Gasteiger partial charge in [-0.2, -0.15) is 0 Å². The van der Waals surface area contributed by atoms with Crippen molar-refractivity contribution in [3.63, 3.8) is 0 Å². The fourth-order valence-electron chi connectivity index (χ4n) is 0.684. The van der Waals surface area contributed by atoms with Gasteiger partial charge in [0.25, 0.3) is 0 Å². The molecule has 0 heterocycles. The molecule has 1 unspecified atom stereocenters. The molecule has 0 aromatic carbocycles. The third-order valence-corrected chi connectivity index (χ3v) is 1.81. The summed E-state index contributed by atoms with van der Waals surface area (Å²) in [4.78, 5) is 0. The molecule has 10 heavy (non-hydrogen) atoms. The minimum atomic E-state index is 0.403. The Bertz CT molecular complexity index is 101. The molecular weight excluding hydrogens is 126 g/mol. The Kier molecular flexibility index (Phi) is 4.99. The summed E-state index contributed by atoms with van der Waals surface area (Å²) < 4.78 is 4.73. The minimum Gasteiger partial charge on any atom is -0.484 e. The van der Waals surface area contributed by atoms with Gasteiger partial charge in [0.15, 0.2) is 5.90 Å². The number of nitrogens with one attached hydrogen (secondary N) is 1. The fourth-order valence-corrected chi connectivity index (χ4v) is 0.684. The van der Waals surface area contributed by atoms with E-state index in [9.17, 15) is 0 Å². The van der Waals surface area contributed by atoms with Crippen molar-refractivity contribution in [1.82, 2.24) is 0 Å². The molecule has 2 nitrogen and oxygen atoms in total. The molecule has 0 rings (SSSR count). The predicted octanol–water partition coefficient (Wildman–Crippen LogP) is 2.44. The normalized spacial score (nSPS) is 12.7. The quantitative estimate of drug-likeness (QED) is 0.476. The van der Waals surface area contributed by atoms with Gasteiger partial charge in [-0.05, 0) is 12.3 Å². The van der Waals surface area contributed by atoms with E-state index in [1.807, 2.05) is 0 Å². The summed E-state index contributed by atoms with van der Waals surface area (Å²) in [6.07, 6.45) is 3.05. The van der Waals surface area contributed by atoms with Gasteiger partial charge in [0.1, 0.15) is 0 Å². The summed E-state index contributed by atoms with van der Waals surface area (Å²) in [5.41, 5.74) is 0. The molecule has 1 atom stereocenters. The van der Waals surface area contributed by atoms with Gasteiger partial charge in [0.2, 0.25) is 0 Å². The number of hydrogen-bond donors (Lipinski definition) is 1. The van der Waals surface area contributed by atoms with E-state index in [1.54, 1.807) is 7.11 Å². The highest BCUT2D eigenvalue weighted by atomic mass is 16.5. The van der Waals surface area contributed by atoms with Gasteiger partial charge in [-0.3, -0.25) is 5.41 Å². The molecule has 0 saturated heterocycles. The van der Waals surface area contributed by atoms with Crippen LogP contribution in [0.4, 0.5) is 0 Å². The van der Waals surface area contributed by atoms with Crippen LogP contribution >= 0.6 is 0 Å². The molecule has 1 N–H and O–H groups in total. The van der Waals surface area contributed by atoms with E-state index >= 15 is 0 Å². The Balaban J connectivity index is 3.26. The maximum absolute atomic E-state index is 7.18. The Labute approximate surface area is 63.1 Å². The van der Waals surface area contributed by atoms with Crippen molar-refractivity contribution in [3.8, 4) is 0 Å². The van der Waals surface area contributed by atoms with Gasteiger partial charge in [0.05, 0.1) is 7.11 Å². The lowest BCUT2D eigenvalue weighted by Gasteiger charge is -2.07. The zero-order chi connectivity index (χ0) is 7.98. The van der Waals surface area contributed by atoms with E-state index in [1.165, 1.54) is 6.42 Å². The molecule has 2 heteroatoms. The van der Waals surface area contributed by atoms with Crippen LogP contribution in [0.15, 0.2) is 0 Å². The molecule has 0 aromatic heterocycles. The predicted molar refractivity (Wildman–Crippen MR) is 43.4 cm³/mol. The molecule has 0 bridgehead atoms. The molecule has 0 saturated carbocycles. The van der Waals surface area contributed by atoms with Crippen molar-refractivity contribution in [2.75, 3.05) is 7.11 Å². The maximum atomic E-state index is 7.18. The largest absolute Gasteiger partial charge is 0.484 e. The summed E-state index contributed by atoms with van der Waals surface area (Å²) >= 11 is 0. The molecule has 0 aromatic rings. The van der Waals surface area contributed by atoms with E-state index in [0.29, 0.717) is 5.90 Å². The first-order chi connectivity index (χ1) is 4.70. The molecule has 0 amide bonds. The molecule has 0 aliphatic rings. The van der Waals surface area contributed by atoms with Gasteiger partial charge < -0.3 is 4.74 Å². The third kappa shape index (κ3) is 4.36. The lowest BCUT2D eigenvalue weighted by Crippen LogP contribution is -2.02. The van der Waals surface area contributed by atoms with Crippen molar-refractivity contribution in [2.45, 2.75) is 33.1 Å². The maximum Gasteiger partial charge on any atom is 0.180 e. The van der Waals surface area contributed by atoms with Gasteiger partial charge in [-0.25, -0.2) is 0 Å². The van der Waals surface area contributed by atoms with E-state index in [0.717, 1.165) is 18.8 Å². The highest BCUT2D eigenvalue weighted by Crippen LogP contribution is 2.09. The SMILES string of the molecule is CCC(C)CCC(=N)OC. The van der Waals surface area contributed by atoms with E-state index in [-0.39, 0.29) is 0 Å². The average Bonchev–Trinajstić information content (AvgIpc) is 1.99. The summed E-state index contributed by atoms with van der Waals surface area (Å²) in [5.74, 6) is 1.12. The van der Waals surface area contributed by atoms with Crippen LogP contribution in [0.1, 0.15) is 33.1 Å². The van der Waals surface area contributed by atoms with Gasteiger partial charge >= 0.3 is 0 Å². The molecular formula is C8H17NO. The molecule has 0 radical (unpaired) electrons. The van der Waals surface area contributed by atoms with Crippen LogP contribution in [0.25, 0.3) is 0 Å². The standard InChI is InChI=1S/C8H17NO/c1-4-7(2)5-6-8(9)10-3/h7,9H,4-6H2,1-3H3. The first-order valence-corrected chi connectivity index (χ1v) is 3.82. The summed E-state index contributed by atoms with van der Waals surface area (Å²) in [7, 11) is 1.55. The van der Waals surface area contributed by atoms with Gasteiger partial charge in [-0.15, -0.1) is 0 Å². The number of ether oxygens (including phenoxy) is 1. The topological polar surface area (TPSA) is 33.1 Å². The first kappa shape index (κ1) is 9.47. The van der Waals surface area contributed by atoms with Crippen LogP contribution in [-0.2, 0) is 4.74 Å². The zero-order valence-electron chi connectivity index (χ0n) is 7.11. The Morgan fingerprint density at radius 3 is 2.60 bits per heavy atom. The summed E-state index contributed by atoms with van der Waals surface area (Å²) in [6.45, 7) is 4.37. The van der Waals surface area contributed by atoms with Crippen molar-refractivity contribution in [2.24, 2.45) is 5.92 Å². The van der Waals surface area contributed by atoms with E-state index in [2.05, 4.69) is 13.8 Å². The van der Waals surface area contributed by atoms with Crippen molar-refractivity contribution in [1.29, 1.82) is 5.41 Å². The second kappa shape index (κ2) is 5.27. The molecule has 0 aliphatic heterocycles. The number of rotatable bonds is 4. The fraction of sp³-hybridized carbons (Fsp3) is 0.875. The van der Waals surface area contributed by atoms with Gasteiger partial charge in [-0.1, -0.05) is 20.3 Å². The second-order valence-corrected chi connectivity index (χ2v) is 2.68. The summed E-state index contributed by atoms with van der Waals surface area (Å²) in [6, 6.07) is 0. The van der Waals surface area contributed by atoms with Crippen LogP contribution in [0.3, 0.4) is 0 Å². The lowest BCUT2D eigenvalue weighted by molar-refractivity contribution is 0.376. The number of methoxy groups -OCH3 is 1. The first-order valence-electron chi connectivity index (χ1n) is 3.82. The Morgan fingerprint density at radius 2 is 2.20 bits per heavy atom. The number of hydrogen-bond acceptors (Lipinski definition) is 2. The minimum absolute atomic E-state index is 0.403. The highest BCUT2D eigenvalue weighted by molar-refractivity contribution is 5.72. The van der Waals surface area contributed by atoms with Crippen molar-refractivity contribution >= 4 is 5.90 Å². The molecule has 0 fully saturated rings. The van der Waals surface area contributed by atoms with Crippen LogP contribution in [0.5, 0.6) is 0 Å². The van der Waals surface area contributed by atoms with Crippen molar-refractivity contribution in [3.05, 3.63) is 0 Å². The average molecular weight is 143 g/mol. The Morgan fingerprint density at radius 1 is 1.60 bits per heavy atom. The third-order valence-electron chi connectivity index (χ3n) is 1.81. The second-order valence-electron chi connectivity index (χ2n) is 2.68. The molecule has 0 aliphatic carbocycles. The summed E-state index contributed by atoms with van der Waals surface area (Å²) in [5, 5.41) is 7.18. The zero-order valence-corrected chi connectivity index (χ0v) is 7.11. The van der Waals surface area contributed by atoms with E-state index < -0.39 is 0 Å². The lowest BCUT2D eigenvalue weighted by atomic mass is 10.0. The molecule has 0 spiro atoms. The smallest absolute Gasteiger partial charge is 0.180 e. The van der Waals surface area contributed by atoms with Crippen molar-refractivity contribution < 1.29 is 4.74 Å². The van der Waals surface area contributed by atoms with Crippen LogP contribution in [-0.4, -0.2) is 13.0 Å². The molecule has 60 valence electrons. The monoisotopic (exact) mass is 143 g/mol.